The van der Waals surface area contributed by atoms with Crippen LogP contribution in [0.2, 0.25) is 0 Å². The summed E-state index contributed by atoms with van der Waals surface area (Å²) in [6.45, 7) is 4.20. The molecule has 0 aliphatic heterocycles. The van der Waals surface area contributed by atoms with Crippen LogP contribution >= 0.6 is 0 Å². The van der Waals surface area contributed by atoms with Crippen molar-refractivity contribution >= 4 is 11.9 Å². The van der Waals surface area contributed by atoms with Crippen molar-refractivity contribution in [1.29, 1.82) is 0 Å². The van der Waals surface area contributed by atoms with Crippen LogP contribution in [0, 0.1) is 11.8 Å². The van der Waals surface area contributed by atoms with Crippen molar-refractivity contribution in [2.45, 2.75) is 45.6 Å². The van der Waals surface area contributed by atoms with Crippen molar-refractivity contribution in [3.8, 4) is 0 Å². The normalized spacial score (nSPS) is 22.1. The Morgan fingerprint density at radius 3 is 2.85 bits per heavy atom. The Bertz CT molecular complexity index is 496. The molecule has 0 bridgehead atoms. The summed E-state index contributed by atoms with van der Waals surface area (Å²) in [7, 11) is 0. The number of rotatable bonds is 5. The van der Waals surface area contributed by atoms with Gasteiger partial charge >= 0.3 is 5.97 Å². The molecule has 0 radical (unpaired) electrons. The highest BCUT2D eigenvalue weighted by Crippen LogP contribution is 2.25. The van der Waals surface area contributed by atoms with Gasteiger partial charge in [0.1, 0.15) is 5.69 Å². The molecule has 1 aromatic rings. The SMILES string of the molecule is CC(C)Cc1cc(C(=O)N[C@H]2CC[C@@H](C(=O)O)C2)n[nH]1. The summed E-state index contributed by atoms with van der Waals surface area (Å²) in [5.74, 6) is -0.846. The molecule has 2 rings (SSSR count). The first-order valence-corrected chi connectivity index (χ1v) is 7.03. The summed E-state index contributed by atoms with van der Waals surface area (Å²) >= 11 is 0. The highest BCUT2D eigenvalue weighted by atomic mass is 16.4. The van der Waals surface area contributed by atoms with E-state index in [0.29, 0.717) is 30.9 Å². The van der Waals surface area contributed by atoms with Gasteiger partial charge in [0.25, 0.3) is 5.91 Å². The summed E-state index contributed by atoms with van der Waals surface area (Å²) in [6.07, 6.45) is 2.70. The molecule has 0 unspecified atom stereocenters. The van der Waals surface area contributed by atoms with Crippen LogP contribution in [-0.2, 0) is 11.2 Å². The van der Waals surface area contributed by atoms with E-state index in [1.807, 2.05) is 0 Å². The second kappa shape index (κ2) is 6.07. The van der Waals surface area contributed by atoms with Crippen LogP contribution < -0.4 is 5.32 Å². The number of carbonyl (C=O) groups excluding carboxylic acids is 1. The zero-order valence-electron chi connectivity index (χ0n) is 11.8. The maximum atomic E-state index is 12.0. The van der Waals surface area contributed by atoms with E-state index in [1.165, 1.54) is 0 Å². The summed E-state index contributed by atoms with van der Waals surface area (Å²) in [6, 6.07) is 1.70. The van der Waals surface area contributed by atoms with Gasteiger partial charge in [0.15, 0.2) is 0 Å². The minimum atomic E-state index is -0.777. The molecule has 1 saturated carbocycles. The number of amides is 1. The van der Waals surface area contributed by atoms with E-state index in [0.717, 1.165) is 12.1 Å². The summed E-state index contributed by atoms with van der Waals surface area (Å²) in [4.78, 5) is 22.9. The number of nitrogens with one attached hydrogen (secondary N) is 2. The van der Waals surface area contributed by atoms with Crippen LogP contribution in [0.15, 0.2) is 6.07 Å². The Kier molecular flexibility index (Phi) is 4.42. The smallest absolute Gasteiger partial charge is 0.306 e. The molecule has 0 spiro atoms. The fourth-order valence-corrected chi connectivity index (χ4v) is 2.62. The zero-order chi connectivity index (χ0) is 14.7. The molecule has 20 heavy (non-hydrogen) atoms. The molecule has 3 N–H and O–H groups in total. The van der Waals surface area contributed by atoms with Crippen LogP contribution in [0.1, 0.15) is 49.3 Å². The lowest BCUT2D eigenvalue weighted by molar-refractivity contribution is -0.141. The third kappa shape index (κ3) is 3.59. The maximum absolute atomic E-state index is 12.0. The molecular formula is C14H21N3O3. The molecule has 0 aromatic carbocycles. The molecule has 1 heterocycles. The van der Waals surface area contributed by atoms with Crippen LogP contribution in [0.5, 0.6) is 0 Å². The lowest BCUT2D eigenvalue weighted by Gasteiger charge is -2.10. The van der Waals surface area contributed by atoms with E-state index in [9.17, 15) is 9.59 Å². The first kappa shape index (κ1) is 14.6. The third-order valence-electron chi connectivity index (χ3n) is 3.61. The van der Waals surface area contributed by atoms with Gasteiger partial charge in [-0.1, -0.05) is 13.8 Å². The van der Waals surface area contributed by atoms with Crippen molar-refractivity contribution in [3.05, 3.63) is 17.5 Å². The fourth-order valence-electron chi connectivity index (χ4n) is 2.62. The Balaban J connectivity index is 1.89. The van der Waals surface area contributed by atoms with Crippen molar-refractivity contribution in [1.82, 2.24) is 15.5 Å². The van der Waals surface area contributed by atoms with Crippen LogP contribution in [0.3, 0.4) is 0 Å². The number of hydrogen-bond donors (Lipinski definition) is 3. The number of aliphatic carboxylic acids is 1. The lowest BCUT2D eigenvalue weighted by Crippen LogP contribution is -2.33. The highest BCUT2D eigenvalue weighted by molar-refractivity contribution is 5.92. The van der Waals surface area contributed by atoms with Crippen LogP contribution in [0.25, 0.3) is 0 Å². The van der Waals surface area contributed by atoms with Crippen molar-refractivity contribution < 1.29 is 14.7 Å². The van der Waals surface area contributed by atoms with Gasteiger partial charge in [-0.25, -0.2) is 0 Å². The molecule has 1 amide bonds. The number of nitrogens with zero attached hydrogens (tertiary/aromatic N) is 1. The summed E-state index contributed by atoms with van der Waals surface area (Å²) in [5, 5.41) is 18.7. The standard InChI is InChI=1S/C14H21N3O3/c1-8(2)5-11-7-12(17-16-11)13(18)15-10-4-3-9(6-10)14(19)20/h7-10H,3-6H2,1-2H3,(H,15,18)(H,16,17)(H,19,20)/t9-,10+/m1/s1. The predicted molar refractivity (Wildman–Crippen MR) is 73.4 cm³/mol. The Morgan fingerprint density at radius 1 is 1.50 bits per heavy atom. The molecule has 1 aromatic heterocycles. The number of hydrogen-bond acceptors (Lipinski definition) is 3. The molecule has 2 atom stereocenters. The summed E-state index contributed by atoms with van der Waals surface area (Å²) in [5.41, 5.74) is 1.32. The Morgan fingerprint density at radius 2 is 2.25 bits per heavy atom. The van der Waals surface area contributed by atoms with Gasteiger partial charge in [-0.15, -0.1) is 0 Å². The summed E-state index contributed by atoms with van der Waals surface area (Å²) < 4.78 is 0. The van der Waals surface area contributed by atoms with Crippen molar-refractivity contribution in [3.63, 3.8) is 0 Å². The first-order chi connectivity index (χ1) is 9.45. The third-order valence-corrected chi connectivity index (χ3v) is 3.61. The van der Waals surface area contributed by atoms with Crippen molar-refractivity contribution in [2.75, 3.05) is 0 Å². The molecule has 6 heteroatoms. The van der Waals surface area contributed by atoms with Gasteiger partial charge in [0.05, 0.1) is 5.92 Å². The van der Waals surface area contributed by atoms with E-state index < -0.39 is 5.97 Å². The minimum absolute atomic E-state index is 0.0613. The van der Waals surface area contributed by atoms with Crippen molar-refractivity contribution in [2.24, 2.45) is 11.8 Å². The monoisotopic (exact) mass is 279 g/mol. The van der Waals surface area contributed by atoms with Gasteiger partial charge in [-0.2, -0.15) is 5.10 Å². The lowest BCUT2D eigenvalue weighted by atomic mass is 10.1. The molecule has 1 fully saturated rings. The molecule has 110 valence electrons. The first-order valence-electron chi connectivity index (χ1n) is 7.03. The fraction of sp³-hybridized carbons (Fsp3) is 0.643. The number of aromatic nitrogens is 2. The number of H-pyrrole nitrogens is 1. The van der Waals surface area contributed by atoms with Gasteiger partial charge in [0.2, 0.25) is 0 Å². The number of aromatic amines is 1. The Labute approximate surface area is 118 Å². The van der Waals surface area contributed by atoms with Gasteiger partial charge in [-0.05, 0) is 37.7 Å². The van der Waals surface area contributed by atoms with Gasteiger partial charge in [-0.3, -0.25) is 14.7 Å². The van der Waals surface area contributed by atoms with Crippen LogP contribution in [-0.4, -0.2) is 33.2 Å². The second-order valence-electron chi connectivity index (χ2n) is 5.89. The molecule has 1 aliphatic carbocycles. The van der Waals surface area contributed by atoms with E-state index >= 15 is 0 Å². The highest BCUT2D eigenvalue weighted by Gasteiger charge is 2.31. The molecule has 0 saturated heterocycles. The van der Waals surface area contributed by atoms with Gasteiger partial charge in [0, 0.05) is 11.7 Å². The van der Waals surface area contributed by atoms with E-state index in [2.05, 4.69) is 29.4 Å². The van der Waals surface area contributed by atoms with Gasteiger partial charge < -0.3 is 10.4 Å². The Hall–Kier alpha value is -1.85. The molecule has 6 nitrogen and oxygen atoms in total. The molecular weight excluding hydrogens is 258 g/mol. The number of carboxylic acids is 1. The average molecular weight is 279 g/mol. The quantitative estimate of drug-likeness (QED) is 0.762. The predicted octanol–water partition coefficient (Wildman–Crippen LogP) is 1.59. The molecule has 1 aliphatic rings. The second-order valence-corrected chi connectivity index (χ2v) is 5.89. The van der Waals surface area contributed by atoms with E-state index in [1.54, 1.807) is 6.07 Å². The van der Waals surface area contributed by atoms with E-state index in [-0.39, 0.29) is 17.9 Å². The van der Waals surface area contributed by atoms with E-state index in [4.69, 9.17) is 5.11 Å². The maximum Gasteiger partial charge on any atom is 0.306 e. The topological polar surface area (TPSA) is 95.1 Å². The number of carbonyl (C=O) groups is 2. The average Bonchev–Trinajstić information content (AvgIpc) is 2.97. The number of carboxylic acid groups (broad SMARTS) is 1. The largest absolute Gasteiger partial charge is 0.481 e. The zero-order valence-corrected chi connectivity index (χ0v) is 11.8. The van der Waals surface area contributed by atoms with Crippen LogP contribution in [0.4, 0.5) is 0 Å². The minimum Gasteiger partial charge on any atom is -0.481 e.